The molecule has 1 aliphatic rings. The molecule has 0 radical (unpaired) electrons. The second-order valence-corrected chi connectivity index (χ2v) is 5.72. The van der Waals surface area contributed by atoms with Gasteiger partial charge in [-0.1, -0.05) is 11.6 Å². The van der Waals surface area contributed by atoms with Gasteiger partial charge in [-0.05, 0) is 44.8 Å². The first-order chi connectivity index (χ1) is 9.11. The normalized spacial score (nSPS) is 16.9. The standard InChI is InChI=1S/C14H22ClN3O/c1-16-6-3-11-4-7-18(8-5-11)14(19)13-9-12(15)10-17(13)2/h9-11,16H,3-8H2,1-2H3. The SMILES string of the molecule is CNCCC1CCN(C(=O)c2cc(Cl)cn2C)CC1. The molecular weight excluding hydrogens is 262 g/mol. The Morgan fingerprint density at radius 2 is 2.16 bits per heavy atom. The van der Waals surface area contributed by atoms with Gasteiger partial charge in [-0.25, -0.2) is 0 Å². The maximum atomic E-state index is 12.4. The molecule has 0 saturated carbocycles. The lowest BCUT2D eigenvalue weighted by atomic mass is 9.93. The number of aromatic nitrogens is 1. The number of nitrogens with zero attached hydrogens (tertiary/aromatic N) is 2. The summed E-state index contributed by atoms with van der Waals surface area (Å²) in [5, 5.41) is 3.81. The largest absolute Gasteiger partial charge is 0.345 e. The highest BCUT2D eigenvalue weighted by Crippen LogP contribution is 2.22. The highest BCUT2D eigenvalue weighted by atomic mass is 35.5. The molecule has 2 rings (SSSR count). The summed E-state index contributed by atoms with van der Waals surface area (Å²) in [6, 6.07) is 1.75. The molecule has 1 N–H and O–H groups in total. The number of carbonyl (C=O) groups excluding carboxylic acids is 1. The third-order valence-electron chi connectivity index (χ3n) is 3.90. The average Bonchev–Trinajstić information content (AvgIpc) is 2.75. The van der Waals surface area contributed by atoms with Crippen molar-refractivity contribution in [2.24, 2.45) is 13.0 Å². The van der Waals surface area contributed by atoms with Crippen LogP contribution in [0.5, 0.6) is 0 Å². The Kier molecular flexibility index (Phi) is 4.88. The number of halogens is 1. The summed E-state index contributed by atoms with van der Waals surface area (Å²) < 4.78 is 1.80. The van der Waals surface area contributed by atoms with Crippen LogP contribution in [-0.4, -0.2) is 42.1 Å². The number of amides is 1. The van der Waals surface area contributed by atoms with Crippen molar-refractivity contribution < 1.29 is 4.79 Å². The number of hydrogen-bond acceptors (Lipinski definition) is 2. The summed E-state index contributed by atoms with van der Waals surface area (Å²) in [5.41, 5.74) is 0.679. The predicted molar refractivity (Wildman–Crippen MR) is 77.6 cm³/mol. The molecule has 0 unspecified atom stereocenters. The summed E-state index contributed by atoms with van der Waals surface area (Å²) in [4.78, 5) is 14.3. The number of carbonyl (C=O) groups is 1. The van der Waals surface area contributed by atoms with Crippen LogP contribution in [0.4, 0.5) is 0 Å². The Balaban J connectivity index is 1.91. The first kappa shape index (κ1) is 14.4. The Bertz CT molecular complexity index is 436. The van der Waals surface area contributed by atoms with Crippen LogP contribution in [0.1, 0.15) is 29.8 Å². The summed E-state index contributed by atoms with van der Waals surface area (Å²) >= 11 is 5.93. The molecule has 1 aliphatic heterocycles. The van der Waals surface area contributed by atoms with Crippen molar-refractivity contribution in [1.82, 2.24) is 14.8 Å². The van der Waals surface area contributed by atoms with E-state index in [0.717, 1.165) is 38.4 Å². The van der Waals surface area contributed by atoms with E-state index in [1.54, 1.807) is 16.8 Å². The van der Waals surface area contributed by atoms with Gasteiger partial charge in [0.25, 0.3) is 5.91 Å². The summed E-state index contributed by atoms with van der Waals surface area (Å²) in [6.07, 6.45) is 5.18. The van der Waals surface area contributed by atoms with Crippen LogP contribution in [0.3, 0.4) is 0 Å². The van der Waals surface area contributed by atoms with Crippen molar-refractivity contribution in [3.05, 3.63) is 23.0 Å². The lowest BCUT2D eigenvalue weighted by Crippen LogP contribution is -2.39. The Labute approximate surface area is 119 Å². The third-order valence-corrected chi connectivity index (χ3v) is 4.10. The van der Waals surface area contributed by atoms with Crippen molar-refractivity contribution in [2.75, 3.05) is 26.7 Å². The van der Waals surface area contributed by atoms with E-state index in [-0.39, 0.29) is 5.91 Å². The molecule has 0 aromatic carbocycles. The van der Waals surface area contributed by atoms with E-state index < -0.39 is 0 Å². The Morgan fingerprint density at radius 1 is 1.47 bits per heavy atom. The van der Waals surface area contributed by atoms with Gasteiger partial charge in [0.1, 0.15) is 5.69 Å². The number of hydrogen-bond donors (Lipinski definition) is 1. The molecule has 106 valence electrons. The van der Waals surface area contributed by atoms with Gasteiger partial charge in [0, 0.05) is 26.3 Å². The highest BCUT2D eigenvalue weighted by Gasteiger charge is 2.24. The fraction of sp³-hybridized carbons (Fsp3) is 0.643. The molecule has 0 bridgehead atoms. The molecule has 4 nitrogen and oxygen atoms in total. The van der Waals surface area contributed by atoms with Crippen molar-refractivity contribution in [1.29, 1.82) is 0 Å². The third kappa shape index (κ3) is 3.51. The fourth-order valence-electron chi connectivity index (χ4n) is 2.67. The maximum Gasteiger partial charge on any atom is 0.270 e. The second kappa shape index (κ2) is 6.44. The zero-order chi connectivity index (χ0) is 13.8. The topological polar surface area (TPSA) is 37.3 Å². The van der Waals surface area contributed by atoms with Crippen LogP contribution < -0.4 is 5.32 Å². The van der Waals surface area contributed by atoms with Crippen molar-refractivity contribution >= 4 is 17.5 Å². The van der Waals surface area contributed by atoms with Crippen molar-refractivity contribution in [3.63, 3.8) is 0 Å². The van der Waals surface area contributed by atoms with Gasteiger partial charge in [0.15, 0.2) is 0 Å². The fourth-order valence-corrected chi connectivity index (χ4v) is 2.92. The van der Waals surface area contributed by atoms with E-state index in [4.69, 9.17) is 11.6 Å². The zero-order valence-electron chi connectivity index (χ0n) is 11.7. The van der Waals surface area contributed by atoms with Gasteiger partial charge < -0.3 is 14.8 Å². The van der Waals surface area contributed by atoms with E-state index in [1.807, 2.05) is 19.0 Å². The minimum atomic E-state index is 0.0986. The zero-order valence-corrected chi connectivity index (χ0v) is 12.4. The first-order valence-corrected chi connectivity index (χ1v) is 7.25. The van der Waals surface area contributed by atoms with Gasteiger partial charge in [-0.3, -0.25) is 4.79 Å². The average molecular weight is 284 g/mol. The molecule has 1 aromatic heterocycles. The first-order valence-electron chi connectivity index (χ1n) is 6.87. The quantitative estimate of drug-likeness (QED) is 0.919. The number of aryl methyl sites for hydroxylation is 1. The monoisotopic (exact) mass is 283 g/mol. The smallest absolute Gasteiger partial charge is 0.270 e. The number of likely N-dealkylation sites (tertiary alicyclic amines) is 1. The van der Waals surface area contributed by atoms with Crippen LogP contribution in [0, 0.1) is 5.92 Å². The highest BCUT2D eigenvalue weighted by molar-refractivity contribution is 6.31. The second-order valence-electron chi connectivity index (χ2n) is 5.28. The summed E-state index contributed by atoms with van der Waals surface area (Å²) in [7, 11) is 3.84. The van der Waals surface area contributed by atoms with Gasteiger partial charge in [0.2, 0.25) is 0 Å². The van der Waals surface area contributed by atoms with Gasteiger partial charge in [-0.2, -0.15) is 0 Å². The van der Waals surface area contributed by atoms with Crippen LogP contribution in [-0.2, 0) is 7.05 Å². The van der Waals surface area contributed by atoms with E-state index >= 15 is 0 Å². The predicted octanol–water partition coefficient (Wildman–Crippen LogP) is 2.14. The number of nitrogens with one attached hydrogen (secondary N) is 1. The van der Waals surface area contributed by atoms with Gasteiger partial charge in [0.05, 0.1) is 5.02 Å². The number of piperidine rings is 1. The number of rotatable bonds is 4. The van der Waals surface area contributed by atoms with Crippen molar-refractivity contribution in [3.8, 4) is 0 Å². The minimum absolute atomic E-state index is 0.0986. The Morgan fingerprint density at radius 3 is 2.68 bits per heavy atom. The molecule has 1 saturated heterocycles. The molecule has 0 aliphatic carbocycles. The maximum absolute atomic E-state index is 12.4. The van der Waals surface area contributed by atoms with Crippen molar-refractivity contribution in [2.45, 2.75) is 19.3 Å². The molecule has 1 aromatic rings. The molecule has 0 atom stereocenters. The molecule has 0 spiro atoms. The van der Waals surface area contributed by atoms with E-state index in [0.29, 0.717) is 10.7 Å². The van der Waals surface area contributed by atoms with E-state index in [1.165, 1.54) is 6.42 Å². The molecular formula is C14H22ClN3O. The Hall–Kier alpha value is -1.00. The lowest BCUT2D eigenvalue weighted by Gasteiger charge is -2.32. The van der Waals surface area contributed by atoms with Gasteiger partial charge in [-0.15, -0.1) is 0 Å². The van der Waals surface area contributed by atoms with E-state index in [9.17, 15) is 4.79 Å². The minimum Gasteiger partial charge on any atom is -0.345 e. The lowest BCUT2D eigenvalue weighted by molar-refractivity contribution is 0.0677. The molecule has 2 heterocycles. The molecule has 1 amide bonds. The van der Waals surface area contributed by atoms with Crippen LogP contribution in [0.2, 0.25) is 5.02 Å². The molecule has 5 heteroatoms. The summed E-state index contributed by atoms with van der Waals surface area (Å²) in [6.45, 7) is 2.78. The van der Waals surface area contributed by atoms with Crippen LogP contribution in [0.25, 0.3) is 0 Å². The van der Waals surface area contributed by atoms with Crippen LogP contribution >= 0.6 is 11.6 Å². The molecule has 19 heavy (non-hydrogen) atoms. The van der Waals surface area contributed by atoms with E-state index in [2.05, 4.69) is 5.32 Å². The van der Waals surface area contributed by atoms with Crippen LogP contribution in [0.15, 0.2) is 12.3 Å². The van der Waals surface area contributed by atoms with Gasteiger partial charge >= 0.3 is 0 Å². The molecule has 1 fully saturated rings. The summed E-state index contributed by atoms with van der Waals surface area (Å²) in [5.74, 6) is 0.843.